The molecule has 2 nitrogen and oxygen atoms in total. The predicted molar refractivity (Wildman–Crippen MR) is 68.6 cm³/mol. The summed E-state index contributed by atoms with van der Waals surface area (Å²) in [6.07, 6.45) is 3.98. The van der Waals surface area contributed by atoms with Crippen LogP contribution in [-0.4, -0.2) is 37.3 Å². The van der Waals surface area contributed by atoms with Gasteiger partial charge >= 0.3 is 0 Å². The first kappa shape index (κ1) is 13.3. The normalized spacial score (nSPS) is 21.4. The molecule has 0 bridgehead atoms. The van der Waals surface area contributed by atoms with Crippen LogP contribution in [0.5, 0.6) is 0 Å². The lowest BCUT2D eigenvalue weighted by Gasteiger charge is -2.10. The lowest BCUT2D eigenvalue weighted by molar-refractivity contribution is 0.125. The van der Waals surface area contributed by atoms with Gasteiger partial charge in [0.2, 0.25) is 0 Å². The van der Waals surface area contributed by atoms with E-state index in [1.165, 1.54) is 25.0 Å². The van der Waals surface area contributed by atoms with Gasteiger partial charge in [-0.3, -0.25) is 0 Å². The molecule has 0 aromatic heterocycles. The van der Waals surface area contributed by atoms with Crippen molar-refractivity contribution in [3.05, 3.63) is 0 Å². The van der Waals surface area contributed by atoms with Crippen LogP contribution in [-0.2, 0) is 4.74 Å². The summed E-state index contributed by atoms with van der Waals surface area (Å²) in [5, 5.41) is 4.33. The zero-order valence-electron chi connectivity index (χ0n) is 10.1. The van der Waals surface area contributed by atoms with Gasteiger partial charge < -0.3 is 10.1 Å². The van der Waals surface area contributed by atoms with Gasteiger partial charge in [-0.25, -0.2) is 0 Å². The molecule has 90 valence electrons. The predicted octanol–water partition coefficient (Wildman–Crippen LogP) is 2.53. The second-order valence-electron chi connectivity index (χ2n) is 4.63. The molecule has 0 amide bonds. The molecule has 1 saturated heterocycles. The first-order valence-corrected chi connectivity index (χ1v) is 7.24. The van der Waals surface area contributed by atoms with Crippen LogP contribution in [0.1, 0.15) is 33.1 Å². The molecule has 1 N–H and O–H groups in total. The molecule has 1 aliphatic rings. The summed E-state index contributed by atoms with van der Waals surface area (Å²) in [6, 6.07) is 0. The molecule has 0 saturated carbocycles. The van der Waals surface area contributed by atoms with Gasteiger partial charge in [0.25, 0.3) is 0 Å². The number of rotatable bonds is 8. The van der Waals surface area contributed by atoms with E-state index in [2.05, 4.69) is 30.9 Å². The molecule has 1 fully saturated rings. The second-order valence-corrected chi connectivity index (χ2v) is 6.04. The summed E-state index contributed by atoms with van der Waals surface area (Å²) >= 11 is 2.11. The van der Waals surface area contributed by atoms with Crippen LogP contribution in [0.15, 0.2) is 0 Å². The Morgan fingerprint density at radius 3 is 2.93 bits per heavy atom. The molecule has 1 heterocycles. The van der Waals surface area contributed by atoms with Crippen LogP contribution in [0.4, 0.5) is 0 Å². The summed E-state index contributed by atoms with van der Waals surface area (Å²) in [4.78, 5) is 0. The molecular formula is C12H25NOS. The Morgan fingerprint density at radius 1 is 1.40 bits per heavy atom. The average Bonchev–Trinajstić information content (AvgIpc) is 2.68. The van der Waals surface area contributed by atoms with Gasteiger partial charge in [0.05, 0.1) is 6.61 Å². The molecular weight excluding hydrogens is 206 g/mol. The van der Waals surface area contributed by atoms with Gasteiger partial charge in [0.1, 0.15) is 0 Å². The molecule has 0 aliphatic carbocycles. The van der Waals surface area contributed by atoms with Gasteiger partial charge in [-0.05, 0) is 30.9 Å². The molecule has 0 aromatic carbocycles. The highest BCUT2D eigenvalue weighted by Gasteiger charge is 2.14. The monoisotopic (exact) mass is 231 g/mol. The maximum Gasteiger partial charge on any atom is 0.0590 e. The quantitative estimate of drug-likeness (QED) is 0.649. The van der Waals surface area contributed by atoms with Gasteiger partial charge in [-0.1, -0.05) is 13.8 Å². The zero-order chi connectivity index (χ0) is 10.9. The van der Waals surface area contributed by atoms with Crippen LogP contribution in [0.3, 0.4) is 0 Å². The Morgan fingerprint density at radius 2 is 2.27 bits per heavy atom. The van der Waals surface area contributed by atoms with E-state index in [-0.39, 0.29) is 0 Å². The standard InChI is InChI=1S/C12H25NOS/c1-11(2)5-7-14-8-6-13-10-12-4-3-9-15-12/h11-13H,3-10H2,1-2H3. The molecule has 1 unspecified atom stereocenters. The van der Waals surface area contributed by atoms with Gasteiger partial charge in [0, 0.05) is 24.9 Å². The topological polar surface area (TPSA) is 21.3 Å². The molecule has 0 radical (unpaired) electrons. The second kappa shape index (κ2) is 8.43. The fourth-order valence-corrected chi connectivity index (χ4v) is 2.87. The van der Waals surface area contributed by atoms with Crippen molar-refractivity contribution in [2.24, 2.45) is 5.92 Å². The van der Waals surface area contributed by atoms with Crippen molar-refractivity contribution in [3.8, 4) is 0 Å². The molecule has 1 atom stereocenters. The third-order valence-electron chi connectivity index (χ3n) is 2.66. The van der Waals surface area contributed by atoms with Crippen LogP contribution < -0.4 is 5.32 Å². The molecule has 3 heteroatoms. The van der Waals surface area contributed by atoms with Crippen molar-refractivity contribution in [3.63, 3.8) is 0 Å². The first-order chi connectivity index (χ1) is 7.29. The van der Waals surface area contributed by atoms with Gasteiger partial charge in [-0.15, -0.1) is 0 Å². The highest BCUT2D eigenvalue weighted by Crippen LogP contribution is 2.24. The van der Waals surface area contributed by atoms with Crippen molar-refractivity contribution in [1.29, 1.82) is 0 Å². The minimum Gasteiger partial charge on any atom is -0.380 e. The summed E-state index contributed by atoms with van der Waals surface area (Å²) < 4.78 is 5.54. The van der Waals surface area contributed by atoms with Crippen LogP contribution in [0, 0.1) is 5.92 Å². The third kappa shape index (κ3) is 7.20. The van der Waals surface area contributed by atoms with E-state index in [1.807, 2.05) is 0 Å². The van der Waals surface area contributed by atoms with Crippen LogP contribution in [0.25, 0.3) is 0 Å². The summed E-state index contributed by atoms with van der Waals surface area (Å²) in [5.41, 5.74) is 0. The molecule has 1 rings (SSSR count). The van der Waals surface area contributed by atoms with Crippen LogP contribution in [0.2, 0.25) is 0 Å². The van der Waals surface area contributed by atoms with Crippen molar-refractivity contribution in [2.75, 3.05) is 32.1 Å². The highest BCUT2D eigenvalue weighted by molar-refractivity contribution is 8.00. The fraction of sp³-hybridized carbons (Fsp3) is 1.00. The smallest absolute Gasteiger partial charge is 0.0590 e. The minimum atomic E-state index is 0.757. The summed E-state index contributed by atoms with van der Waals surface area (Å²) in [7, 11) is 0. The SMILES string of the molecule is CC(C)CCOCCNCC1CCCS1. The lowest BCUT2D eigenvalue weighted by Crippen LogP contribution is -2.26. The van der Waals surface area contributed by atoms with Crippen molar-refractivity contribution in [1.82, 2.24) is 5.32 Å². The fourth-order valence-electron chi connectivity index (χ4n) is 1.63. The first-order valence-electron chi connectivity index (χ1n) is 6.19. The summed E-state index contributed by atoms with van der Waals surface area (Å²) in [5.74, 6) is 2.12. The van der Waals surface area contributed by atoms with Crippen molar-refractivity contribution >= 4 is 11.8 Å². The van der Waals surface area contributed by atoms with E-state index in [9.17, 15) is 0 Å². The van der Waals surface area contributed by atoms with Gasteiger partial charge in [-0.2, -0.15) is 11.8 Å². The largest absolute Gasteiger partial charge is 0.380 e. The Bertz CT molecular complexity index is 147. The number of nitrogens with one attached hydrogen (secondary N) is 1. The minimum absolute atomic E-state index is 0.757. The molecule has 1 aliphatic heterocycles. The maximum absolute atomic E-state index is 5.54. The Balaban J connectivity index is 1.76. The summed E-state index contributed by atoms with van der Waals surface area (Å²) in [6.45, 7) is 8.42. The van der Waals surface area contributed by atoms with E-state index in [0.29, 0.717) is 0 Å². The Hall–Kier alpha value is 0.270. The van der Waals surface area contributed by atoms with Crippen molar-refractivity contribution < 1.29 is 4.74 Å². The number of hydrogen-bond donors (Lipinski definition) is 1. The molecule has 0 spiro atoms. The number of thioether (sulfide) groups is 1. The van der Waals surface area contributed by atoms with E-state index in [0.717, 1.165) is 37.5 Å². The Labute approximate surface area is 98.5 Å². The van der Waals surface area contributed by atoms with E-state index >= 15 is 0 Å². The number of hydrogen-bond acceptors (Lipinski definition) is 3. The van der Waals surface area contributed by atoms with E-state index < -0.39 is 0 Å². The van der Waals surface area contributed by atoms with Gasteiger partial charge in [0.15, 0.2) is 0 Å². The Kier molecular flexibility index (Phi) is 7.49. The van der Waals surface area contributed by atoms with Crippen LogP contribution >= 0.6 is 11.8 Å². The zero-order valence-corrected chi connectivity index (χ0v) is 10.9. The average molecular weight is 231 g/mol. The molecule has 15 heavy (non-hydrogen) atoms. The van der Waals surface area contributed by atoms with E-state index in [4.69, 9.17) is 4.74 Å². The maximum atomic E-state index is 5.54. The van der Waals surface area contributed by atoms with Crippen molar-refractivity contribution in [2.45, 2.75) is 38.4 Å². The van der Waals surface area contributed by atoms with E-state index in [1.54, 1.807) is 0 Å². The highest BCUT2D eigenvalue weighted by atomic mass is 32.2. The molecule has 0 aromatic rings. The number of ether oxygens (including phenoxy) is 1. The lowest BCUT2D eigenvalue weighted by atomic mass is 10.1. The third-order valence-corrected chi connectivity index (χ3v) is 4.06.